The van der Waals surface area contributed by atoms with Gasteiger partial charge < -0.3 is 9.80 Å². The Bertz CT molecular complexity index is 739. The number of nitrogens with zero attached hydrogens (tertiary/aromatic N) is 3. The minimum absolute atomic E-state index is 0.156. The fourth-order valence-corrected chi connectivity index (χ4v) is 3.55. The number of aromatic nitrogens is 1. The summed E-state index contributed by atoms with van der Waals surface area (Å²) in [7, 11) is -1.47. The number of rotatable bonds is 4. The standard InChI is InChI=1S/C16H20N4O2S/c1-19-9-11-20(12-10-19)15-6-4-14(5-7-15)18-23(21,22)16-3-2-8-17-13-16/h2-8,13,18H,9-12H2,1H3. The summed E-state index contributed by atoms with van der Waals surface area (Å²) in [6, 6.07) is 10.6. The third-order valence-corrected chi connectivity index (χ3v) is 5.30. The van der Waals surface area contributed by atoms with Crippen LogP contribution in [0.2, 0.25) is 0 Å². The molecule has 1 aromatic heterocycles. The Labute approximate surface area is 136 Å². The second-order valence-corrected chi connectivity index (χ2v) is 7.31. The van der Waals surface area contributed by atoms with Crippen LogP contribution in [0.4, 0.5) is 11.4 Å². The van der Waals surface area contributed by atoms with Gasteiger partial charge in [-0.2, -0.15) is 0 Å². The first-order chi connectivity index (χ1) is 11.0. The number of hydrogen-bond donors (Lipinski definition) is 1. The molecule has 0 bridgehead atoms. The first kappa shape index (κ1) is 15.8. The summed E-state index contributed by atoms with van der Waals surface area (Å²) in [6.07, 6.45) is 2.88. The highest BCUT2D eigenvalue weighted by Crippen LogP contribution is 2.21. The number of pyridine rings is 1. The minimum Gasteiger partial charge on any atom is -0.369 e. The van der Waals surface area contributed by atoms with Gasteiger partial charge in [-0.15, -0.1) is 0 Å². The highest BCUT2D eigenvalue weighted by atomic mass is 32.2. The van der Waals surface area contributed by atoms with Crippen LogP contribution in [-0.4, -0.2) is 51.5 Å². The van der Waals surface area contributed by atoms with Crippen LogP contribution in [0.5, 0.6) is 0 Å². The molecule has 0 spiro atoms. The van der Waals surface area contributed by atoms with E-state index in [0.29, 0.717) is 5.69 Å². The van der Waals surface area contributed by atoms with E-state index in [1.807, 2.05) is 12.1 Å². The third-order valence-electron chi connectivity index (χ3n) is 3.93. The van der Waals surface area contributed by atoms with Gasteiger partial charge in [0.15, 0.2) is 0 Å². The molecule has 2 aromatic rings. The van der Waals surface area contributed by atoms with Crippen molar-refractivity contribution in [3.05, 3.63) is 48.8 Å². The van der Waals surface area contributed by atoms with Gasteiger partial charge in [0.1, 0.15) is 4.90 Å². The number of piperazine rings is 1. The van der Waals surface area contributed by atoms with Gasteiger partial charge in [0.2, 0.25) is 0 Å². The van der Waals surface area contributed by atoms with E-state index in [0.717, 1.165) is 31.9 Å². The quantitative estimate of drug-likeness (QED) is 0.922. The number of sulfonamides is 1. The second-order valence-electron chi connectivity index (χ2n) is 5.63. The van der Waals surface area contributed by atoms with Crippen LogP contribution in [0.25, 0.3) is 0 Å². The third kappa shape index (κ3) is 3.80. The van der Waals surface area contributed by atoms with E-state index in [1.165, 1.54) is 12.3 Å². The maximum Gasteiger partial charge on any atom is 0.263 e. The molecule has 2 heterocycles. The zero-order valence-electron chi connectivity index (χ0n) is 13.0. The Hall–Kier alpha value is -2.12. The predicted molar refractivity (Wildman–Crippen MR) is 91.2 cm³/mol. The molecule has 7 heteroatoms. The topological polar surface area (TPSA) is 65.5 Å². The van der Waals surface area contributed by atoms with E-state index < -0.39 is 10.0 Å². The second kappa shape index (κ2) is 6.55. The molecule has 1 N–H and O–H groups in total. The molecule has 1 fully saturated rings. The summed E-state index contributed by atoms with van der Waals surface area (Å²) in [4.78, 5) is 8.60. The number of benzene rings is 1. The summed E-state index contributed by atoms with van der Waals surface area (Å²) in [6.45, 7) is 4.04. The molecule has 1 aromatic carbocycles. The molecule has 0 radical (unpaired) electrons. The van der Waals surface area contributed by atoms with E-state index >= 15 is 0 Å². The molecule has 0 amide bonds. The average Bonchev–Trinajstić information content (AvgIpc) is 2.57. The molecule has 0 saturated carbocycles. The maximum absolute atomic E-state index is 12.3. The molecule has 1 saturated heterocycles. The highest BCUT2D eigenvalue weighted by Gasteiger charge is 2.16. The largest absolute Gasteiger partial charge is 0.369 e. The van der Waals surface area contributed by atoms with Crippen molar-refractivity contribution >= 4 is 21.4 Å². The molecule has 0 unspecified atom stereocenters. The van der Waals surface area contributed by atoms with Crippen molar-refractivity contribution in [3.8, 4) is 0 Å². The first-order valence-corrected chi connectivity index (χ1v) is 8.99. The van der Waals surface area contributed by atoms with E-state index in [1.54, 1.807) is 24.4 Å². The van der Waals surface area contributed by atoms with Crippen molar-refractivity contribution < 1.29 is 8.42 Å². The average molecular weight is 332 g/mol. The van der Waals surface area contributed by atoms with Crippen LogP contribution in [0.1, 0.15) is 0 Å². The molecular formula is C16H20N4O2S. The molecule has 6 nitrogen and oxygen atoms in total. The predicted octanol–water partition coefficient (Wildman–Crippen LogP) is 1.63. The molecular weight excluding hydrogens is 312 g/mol. The van der Waals surface area contributed by atoms with Crippen molar-refractivity contribution in [2.24, 2.45) is 0 Å². The zero-order chi connectivity index (χ0) is 16.3. The van der Waals surface area contributed by atoms with Crippen molar-refractivity contribution in [1.29, 1.82) is 0 Å². The van der Waals surface area contributed by atoms with E-state index in [-0.39, 0.29) is 4.90 Å². The maximum atomic E-state index is 12.3. The molecule has 0 atom stereocenters. The zero-order valence-corrected chi connectivity index (χ0v) is 13.8. The summed E-state index contributed by atoms with van der Waals surface area (Å²) in [5.74, 6) is 0. The van der Waals surface area contributed by atoms with Crippen LogP contribution in [-0.2, 0) is 10.0 Å². The number of hydrogen-bond acceptors (Lipinski definition) is 5. The Morgan fingerprint density at radius 3 is 2.35 bits per heavy atom. The van der Waals surface area contributed by atoms with Crippen molar-refractivity contribution in [2.75, 3.05) is 42.8 Å². The Kier molecular flexibility index (Phi) is 4.49. The Morgan fingerprint density at radius 2 is 1.74 bits per heavy atom. The van der Waals surface area contributed by atoms with Crippen LogP contribution >= 0.6 is 0 Å². The molecule has 122 valence electrons. The molecule has 0 aliphatic carbocycles. The lowest BCUT2D eigenvalue weighted by Gasteiger charge is -2.34. The van der Waals surface area contributed by atoms with Gasteiger partial charge in [-0.1, -0.05) is 0 Å². The van der Waals surface area contributed by atoms with E-state index in [4.69, 9.17) is 0 Å². The highest BCUT2D eigenvalue weighted by molar-refractivity contribution is 7.92. The lowest BCUT2D eigenvalue weighted by atomic mass is 10.2. The normalized spacial score (nSPS) is 16.3. The summed E-state index contributed by atoms with van der Waals surface area (Å²) in [5.41, 5.74) is 1.66. The lowest BCUT2D eigenvalue weighted by Crippen LogP contribution is -2.44. The molecule has 1 aliphatic rings. The van der Waals surface area contributed by atoms with Crippen molar-refractivity contribution in [1.82, 2.24) is 9.88 Å². The minimum atomic E-state index is -3.59. The van der Waals surface area contributed by atoms with Crippen LogP contribution in [0.15, 0.2) is 53.7 Å². The van der Waals surface area contributed by atoms with Gasteiger partial charge in [-0.25, -0.2) is 8.42 Å². The van der Waals surface area contributed by atoms with Crippen LogP contribution in [0.3, 0.4) is 0 Å². The van der Waals surface area contributed by atoms with Crippen LogP contribution < -0.4 is 9.62 Å². The van der Waals surface area contributed by atoms with Gasteiger partial charge in [0, 0.05) is 49.9 Å². The summed E-state index contributed by atoms with van der Waals surface area (Å²) >= 11 is 0. The van der Waals surface area contributed by atoms with Gasteiger partial charge in [-0.05, 0) is 43.4 Å². The summed E-state index contributed by atoms with van der Waals surface area (Å²) in [5, 5.41) is 0. The molecule has 3 rings (SSSR count). The SMILES string of the molecule is CN1CCN(c2ccc(NS(=O)(=O)c3cccnc3)cc2)CC1. The Balaban J connectivity index is 1.70. The van der Waals surface area contributed by atoms with Crippen LogP contribution in [0, 0.1) is 0 Å². The number of anilines is 2. The number of nitrogens with one attached hydrogen (secondary N) is 1. The van der Waals surface area contributed by atoms with Crippen molar-refractivity contribution in [2.45, 2.75) is 4.90 Å². The van der Waals surface area contributed by atoms with Gasteiger partial charge >= 0.3 is 0 Å². The smallest absolute Gasteiger partial charge is 0.263 e. The first-order valence-electron chi connectivity index (χ1n) is 7.51. The molecule has 23 heavy (non-hydrogen) atoms. The molecule has 1 aliphatic heterocycles. The van der Waals surface area contributed by atoms with E-state index in [9.17, 15) is 8.42 Å². The van der Waals surface area contributed by atoms with Gasteiger partial charge in [-0.3, -0.25) is 9.71 Å². The van der Waals surface area contributed by atoms with E-state index in [2.05, 4.69) is 26.6 Å². The van der Waals surface area contributed by atoms with Crippen molar-refractivity contribution in [3.63, 3.8) is 0 Å². The van der Waals surface area contributed by atoms with Gasteiger partial charge in [0.05, 0.1) is 0 Å². The monoisotopic (exact) mass is 332 g/mol. The number of likely N-dealkylation sites (N-methyl/N-ethyl adjacent to an activating group) is 1. The lowest BCUT2D eigenvalue weighted by molar-refractivity contribution is 0.313. The summed E-state index contributed by atoms with van der Waals surface area (Å²) < 4.78 is 27.1. The fourth-order valence-electron chi connectivity index (χ4n) is 2.53. The fraction of sp³-hybridized carbons (Fsp3) is 0.312. The Morgan fingerprint density at radius 1 is 1.04 bits per heavy atom. The van der Waals surface area contributed by atoms with Gasteiger partial charge in [0.25, 0.3) is 10.0 Å².